The molecule has 1 aliphatic rings. The van der Waals surface area contributed by atoms with Crippen molar-refractivity contribution < 1.29 is 4.79 Å². The third-order valence-electron chi connectivity index (χ3n) is 5.15. The molecule has 3 rings (SSSR count). The number of aryl methyl sites for hydroxylation is 1. The number of hydrogen-bond donors (Lipinski definition) is 1. The molecule has 0 unspecified atom stereocenters. The summed E-state index contributed by atoms with van der Waals surface area (Å²) in [7, 11) is 0. The summed E-state index contributed by atoms with van der Waals surface area (Å²) in [5, 5.41) is 3.78. The number of hydrogen-bond acceptors (Lipinski definition) is 5. The van der Waals surface area contributed by atoms with Crippen LogP contribution in [0.1, 0.15) is 61.6 Å². The van der Waals surface area contributed by atoms with Gasteiger partial charge in [-0.05, 0) is 56.7 Å². The number of anilines is 1. The quantitative estimate of drug-likeness (QED) is 0.521. The molecular weight excluding hydrogens is 380 g/mol. The summed E-state index contributed by atoms with van der Waals surface area (Å²) in [6.07, 6.45) is 3.74. The van der Waals surface area contributed by atoms with Crippen LogP contribution < -0.4 is 10.2 Å². The van der Waals surface area contributed by atoms with Gasteiger partial charge >= 0.3 is 0 Å². The molecule has 5 nitrogen and oxygen atoms in total. The summed E-state index contributed by atoms with van der Waals surface area (Å²) in [6.45, 7) is 10.2. The van der Waals surface area contributed by atoms with Crippen LogP contribution in [0.4, 0.5) is 5.82 Å². The largest absolute Gasteiger partial charge is 0.354 e. The number of nitrogens with zero attached hydrogens (tertiary/aromatic N) is 3. The number of nitrogens with one attached hydrogen (secondary N) is 1. The Balaban J connectivity index is 1.67. The van der Waals surface area contributed by atoms with Gasteiger partial charge < -0.3 is 10.2 Å². The lowest BCUT2D eigenvalue weighted by atomic mass is 10.0. The molecule has 0 saturated carbocycles. The van der Waals surface area contributed by atoms with Crippen molar-refractivity contribution in [3.8, 4) is 0 Å². The zero-order valence-corrected chi connectivity index (χ0v) is 18.8. The van der Waals surface area contributed by atoms with Gasteiger partial charge in [0.2, 0.25) is 0 Å². The van der Waals surface area contributed by atoms with E-state index in [1.54, 1.807) is 11.8 Å². The van der Waals surface area contributed by atoms with Crippen molar-refractivity contribution in [3.63, 3.8) is 0 Å². The Morgan fingerprint density at radius 2 is 2.10 bits per heavy atom. The maximum Gasteiger partial charge on any atom is 0.251 e. The molecule has 1 saturated heterocycles. The van der Waals surface area contributed by atoms with Crippen LogP contribution in [0.2, 0.25) is 0 Å². The molecule has 1 aromatic heterocycles. The van der Waals surface area contributed by atoms with Crippen LogP contribution in [0.25, 0.3) is 0 Å². The second-order valence-corrected chi connectivity index (χ2v) is 9.22. The lowest BCUT2D eigenvalue weighted by Gasteiger charge is -2.34. The zero-order valence-electron chi connectivity index (χ0n) is 17.9. The number of benzene rings is 1. The summed E-state index contributed by atoms with van der Waals surface area (Å²) in [4.78, 5) is 24.2. The van der Waals surface area contributed by atoms with E-state index >= 15 is 0 Å². The first-order valence-electron chi connectivity index (χ1n) is 10.5. The van der Waals surface area contributed by atoms with Crippen LogP contribution in [0, 0.1) is 12.8 Å². The highest BCUT2D eigenvalue weighted by molar-refractivity contribution is 7.98. The Hall–Kier alpha value is -2.08. The number of aromatic nitrogens is 2. The molecule has 1 atom stereocenters. The van der Waals surface area contributed by atoms with Crippen LogP contribution in [-0.4, -0.2) is 35.0 Å². The van der Waals surface area contributed by atoms with Gasteiger partial charge in [-0.2, -0.15) is 0 Å². The molecule has 2 aromatic rings. The molecule has 2 heterocycles. The highest BCUT2D eigenvalue weighted by atomic mass is 32.2. The molecule has 1 fully saturated rings. The second kappa shape index (κ2) is 10.1. The minimum absolute atomic E-state index is 0.0151. The number of piperidine rings is 1. The summed E-state index contributed by atoms with van der Waals surface area (Å²) in [5.41, 5.74) is 2.80. The Morgan fingerprint density at radius 3 is 2.86 bits per heavy atom. The SMILES string of the molecule is Cc1cc(N2CCCC[C@@H]2C)nc(SCc2cccc(C(=O)NCC(C)C)c2)n1. The Kier molecular flexibility index (Phi) is 7.53. The summed E-state index contributed by atoms with van der Waals surface area (Å²) < 4.78 is 0. The second-order valence-electron chi connectivity index (χ2n) is 8.28. The van der Waals surface area contributed by atoms with Gasteiger partial charge in [-0.25, -0.2) is 9.97 Å². The van der Waals surface area contributed by atoms with E-state index in [1.165, 1.54) is 19.3 Å². The number of carbonyl (C=O) groups is 1. The van der Waals surface area contributed by atoms with Crippen LogP contribution in [0.5, 0.6) is 0 Å². The molecule has 0 bridgehead atoms. The first-order chi connectivity index (χ1) is 13.9. The third kappa shape index (κ3) is 6.20. The lowest BCUT2D eigenvalue weighted by Crippen LogP contribution is -2.38. The summed E-state index contributed by atoms with van der Waals surface area (Å²) in [5.74, 6) is 2.20. The highest BCUT2D eigenvalue weighted by Crippen LogP contribution is 2.27. The average molecular weight is 413 g/mol. The summed E-state index contributed by atoms with van der Waals surface area (Å²) in [6, 6.07) is 10.4. The molecule has 1 N–H and O–H groups in total. The van der Waals surface area contributed by atoms with Gasteiger partial charge in [0.25, 0.3) is 5.91 Å². The molecule has 0 aliphatic carbocycles. The number of rotatable bonds is 7. The van der Waals surface area contributed by atoms with Gasteiger partial charge in [0.1, 0.15) is 5.82 Å². The molecule has 156 valence electrons. The average Bonchev–Trinajstić information content (AvgIpc) is 2.70. The van der Waals surface area contributed by atoms with Crippen molar-refractivity contribution in [2.24, 2.45) is 5.92 Å². The maximum absolute atomic E-state index is 12.3. The van der Waals surface area contributed by atoms with Crippen molar-refractivity contribution >= 4 is 23.5 Å². The van der Waals surface area contributed by atoms with E-state index < -0.39 is 0 Å². The zero-order chi connectivity index (χ0) is 20.8. The number of amides is 1. The van der Waals surface area contributed by atoms with E-state index in [4.69, 9.17) is 4.98 Å². The van der Waals surface area contributed by atoms with E-state index in [-0.39, 0.29) is 5.91 Å². The van der Waals surface area contributed by atoms with Crippen LogP contribution in [-0.2, 0) is 5.75 Å². The molecular formula is C23H32N4OS. The van der Waals surface area contributed by atoms with Crippen LogP contribution in [0.3, 0.4) is 0 Å². The molecule has 29 heavy (non-hydrogen) atoms. The predicted molar refractivity (Wildman–Crippen MR) is 121 cm³/mol. The summed E-state index contributed by atoms with van der Waals surface area (Å²) >= 11 is 1.63. The fraction of sp³-hybridized carbons (Fsp3) is 0.522. The minimum atomic E-state index is -0.0151. The predicted octanol–water partition coefficient (Wildman–Crippen LogP) is 4.84. The third-order valence-corrected chi connectivity index (χ3v) is 6.06. The van der Waals surface area contributed by atoms with E-state index in [0.717, 1.165) is 34.5 Å². The molecule has 1 aliphatic heterocycles. The first-order valence-corrected chi connectivity index (χ1v) is 11.5. The number of thioether (sulfide) groups is 1. The minimum Gasteiger partial charge on any atom is -0.354 e. The standard InChI is InChI=1S/C23H32N4OS/c1-16(2)14-24-22(28)20-10-7-9-19(13-20)15-29-23-25-17(3)12-21(26-23)27-11-6-5-8-18(27)4/h7,9-10,12-13,16,18H,5-6,8,11,14-15H2,1-4H3,(H,24,28)/t18-/m0/s1. The van der Waals surface area contributed by atoms with Crippen molar-refractivity contribution in [2.75, 3.05) is 18.0 Å². The van der Waals surface area contributed by atoms with E-state index in [2.05, 4.69) is 48.1 Å². The maximum atomic E-state index is 12.3. The van der Waals surface area contributed by atoms with Gasteiger partial charge in [-0.3, -0.25) is 4.79 Å². The number of carbonyl (C=O) groups excluding carboxylic acids is 1. The molecule has 0 radical (unpaired) electrons. The Bertz CT molecular complexity index is 839. The normalized spacial score (nSPS) is 16.9. The van der Waals surface area contributed by atoms with E-state index in [1.807, 2.05) is 25.1 Å². The molecule has 0 spiro atoms. The Labute approximate surface area is 178 Å². The van der Waals surface area contributed by atoms with Crippen molar-refractivity contribution in [1.29, 1.82) is 0 Å². The van der Waals surface area contributed by atoms with Crippen molar-refractivity contribution in [2.45, 2.75) is 63.9 Å². The van der Waals surface area contributed by atoms with Crippen LogP contribution in [0.15, 0.2) is 35.5 Å². The van der Waals surface area contributed by atoms with Gasteiger partial charge in [0, 0.05) is 42.2 Å². The van der Waals surface area contributed by atoms with E-state index in [9.17, 15) is 4.79 Å². The van der Waals surface area contributed by atoms with E-state index in [0.29, 0.717) is 24.1 Å². The monoisotopic (exact) mass is 412 g/mol. The molecule has 1 aromatic carbocycles. The van der Waals surface area contributed by atoms with Gasteiger partial charge in [-0.15, -0.1) is 0 Å². The molecule has 1 amide bonds. The fourth-order valence-electron chi connectivity index (χ4n) is 3.52. The topological polar surface area (TPSA) is 58.1 Å². The fourth-order valence-corrected chi connectivity index (χ4v) is 4.37. The smallest absolute Gasteiger partial charge is 0.251 e. The Morgan fingerprint density at radius 1 is 1.28 bits per heavy atom. The van der Waals surface area contributed by atoms with Gasteiger partial charge in [-0.1, -0.05) is 37.7 Å². The highest BCUT2D eigenvalue weighted by Gasteiger charge is 2.20. The van der Waals surface area contributed by atoms with Gasteiger partial charge in [0.15, 0.2) is 5.16 Å². The van der Waals surface area contributed by atoms with Crippen molar-refractivity contribution in [1.82, 2.24) is 15.3 Å². The van der Waals surface area contributed by atoms with Gasteiger partial charge in [0.05, 0.1) is 0 Å². The van der Waals surface area contributed by atoms with Crippen LogP contribution >= 0.6 is 11.8 Å². The van der Waals surface area contributed by atoms with Crippen molar-refractivity contribution in [3.05, 3.63) is 47.2 Å². The first kappa shape index (κ1) is 21.6. The molecule has 6 heteroatoms. The lowest BCUT2D eigenvalue weighted by molar-refractivity contribution is 0.0949.